The molecule has 0 aliphatic carbocycles. The molecular formula is C28H38ClN3O4. The van der Waals surface area contributed by atoms with Gasteiger partial charge >= 0.3 is 6.09 Å². The first-order chi connectivity index (χ1) is 16.7. The summed E-state index contributed by atoms with van der Waals surface area (Å²) < 4.78 is 5.36. The Morgan fingerprint density at radius 2 is 1.67 bits per heavy atom. The van der Waals surface area contributed by atoms with Crippen LogP contribution in [-0.2, 0) is 20.7 Å². The smallest absolute Gasteiger partial charge is 0.408 e. The van der Waals surface area contributed by atoms with Crippen molar-refractivity contribution in [3.63, 3.8) is 0 Å². The molecule has 2 rings (SSSR count). The lowest BCUT2D eigenvalue weighted by atomic mass is 9.98. The van der Waals surface area contributed by atoms with E-state index in [1.807, 2.05) is 58.0 Å². The number of nitrogens with one attached hydrogen (secondary N) is 2. The second kappa shape index (κ2) is 12.3. The van der Waals surface area contributed by atoms with Crippen LogP contribution in [0.3, 0.4) is 0 Å². The minimum atomic E-state index is -0.958. The third-order valence-electron chi connectivity index (χ3n) is 5.76. The van der Waals surface area contributed by atoms with Crippen molar-refractivity contribution in [2.24, 2.45) is 5.92 Å². The van der Waals surface area contributed by atoms with Crippen molar-refractivity contribution in [1.82, 2.24) is 10.2 Å². The number of alkyl carbamates (subject to hydrolysis) is 1. The highest BCUT2D eigenvalue weighted by Gasteiger charge is 2.35. The van der Waals surface area contributed by atoms with Crippen LogP contribution in [0, 0.1) is 12.8 Å². The van der Waals surface area contributed by atoms with Crippen molar-refractivity contribution < 1.29 is 19.1 Å². The fourth-order valence-electron chi connectivity index (χ4n) is 3.76. The first kappa shape index (κ1) is 29.2. The number of benzene rings is 2. The van der Waals surface area contributed by atoms with Gasteiger partial charge in [0.2, 0.25) is 5.91 Å². The van der Waals surface area contributed by atoms with Gasteiger partial charge in [-0.15, -0.1) is 0 Å². The average Bonchev–Trinajstić information content (AvgIpc) is 2.78. The van der Waals surface area contributed by atoms with Gasteiger partial charge < -0.3 is 20.3 Å². The molecule has 2 aromatic rings. The maximum Gasteiger partial charge on any atom is 0.408 e. The maximum absolute atomic E-state index is 13.7. The van der Waals surface area contributed by atoms with E-state index >= 15 is 0 Å². The minimum Gasteiger partial charge on any atom is -0.444 e. The third kappa shape index (κ3) is 7.72. The molecule has 0 saturated carbocycles. The van der Waals surface area contributed by atoms with E-state index < -0.39 is 35.6 Å². The van der Waals surface area contributed by atoms with Gasteiger partial charge in [0.05, 0.1) is 10.7 Å². The fourth-order valence-corrected chi connectivity index (χ4v) is 4.03. The molecule has 2 atom stereocenters. The van der Waals surface area contributed by atoms with Gasteiger partial charge in [-0.25, -0.2) is 4.79 Å². The van der Waals surface area contributed by atoms with Crippen molar-refractivity contribution >= 4 is 35.2 Å². The first-order valence-corrected chi connectivity index (χ1v) is 12.5. The number of hydrogen-bond donors (Lipinski definition) is 2. The summed E-state index contributed by atoms with van der Waals surface area (Å²) >= 11 is 6.35. The van der Waals surface area contributed by atoms with Crippen LogP contribution in [-0.4, -0.2) is 41.5 Å². The number of carbonyl (C=O) groups is 3. The second-order valence-electron chi connectivity index (χ2n) is 10.2. The number of ether oxygens (including phenoxy) is 1. The summed E-state index contributed by atoms with van der Waals surface area (Å²) in [5.74, 6) is -1.07. The molecule has 0 aliphatic heterocycles. The Bertz CT molecular complexity index is 1060. The van der Waals surface area contributed by atoms with Gasteiger partial charge in [0.25, 0.3) is 5.91 Å². The molecule has 0 fully saturated rings. The number of para-hydroxylation sites is 1. The van der Waals surface area contributed by atoms with Gasteiger partial charge in [-0.1, -0.05) is 68.8 Å². The fraction of sp³-hybridized carbons (Fsp3) is 0.464. The minimum absolute atomic E-state index is 0.246. The highest BCUT2D eigenvalue weighted by molar-refractivity contribution is 6.34. The highest BCUT2D eigenvalue weighted by atomic mass is 35.5. The molecule has 0 saturated heterocycles. The molecule has 196 valence electrons. The van der Waals surface area contributed by atoms with Gasteiger partial charge in [-0.2, -0.15) is 0 Å². The first-order valence-electron chi connectivity index (χ1n) is 12.2. The molecule has 0 radical (unpaired) electrons. The standard InChI is InChI=1S/C28H38ClN3O4/c1-9-19-13-15-20(16-14-19)24(25(33)30-23-18(4)11-10-12-21(23)29)32(8)26(34)22(17(2)3)31-27(35)36-28(5,6)7/h10-17,22,24H,9H2,1-8H3,(H,30,33)(H,31,35). The molecule has 0 aromatic heterocycles. The van der Waals surface area contributed by atoms with Crippen LogP contribution >= 0.6 is 11.6 Å². The molecule has 0 aliphatic rings. The summed E-state index contributed by atoms with van der Waals surface area (Å²) in [6.45, 7) is 12.8. The predicted molar refractivity (Wildman–Crippen MR) is 144 cm³/mol. The summed E-state index contributed by atoms with van der Waals surface area (Å²) in [6.07, 6.45) is 0.155. The Kier molecular flexibility index (Phi) is 9.93. The molecule has 2 N–H and O–H groups in total. The van der Waals surface area contributed by atoms with Gasteiger partial charge in [0.15, 0.2) is 0 Å². The summed E-state index contributed by atoms with van der Waals surface area (Å²) in [4.78, 5) is 41.1. The molecule has 36 heavy (non-hydrogen) atoms. The zero-order valence-electron chi connectivity index (χ0n) is 22.4. The Balaban J connectivity index is 2.42. The average molecular weight is 516 g/mol. The zero-order chi connectivity index (χ0) is 27.2. The molecule has 8 heteroatoms. The second-order valence-corrected chi connectivity index (χ2v) is 10.6. The summed E-state index contributed by atoms with van der Waals surface area (Å²) in [6, 6.07) is 11.1. The van der Waals surface area contributed by atoms with Crippen LogP contribution in [0.1, 0.15) is 64.3 Å². The molecule has 3 amide bonds. The Hall–Kier alpha value is -3.06. The van der Waals surface area contributed by atoms with Crippen molar-refractivity contribution in [2.75, 3.05) is 12.4 Å². The van der Waals surface area contributed by atoms with Crippen LogP contribution in [0.25, 0.3) is 0 Å². The van der Waals surface area contributed by atoms with E-state index in [4.69, 9.17) is 16.3 Å². The lowest BCUT2D eigenvalue weighted by molar-refractivity contribution is -0.140. The van der Waals surface area contributed by atoms with Crippen LogP contribution in [0.5, 0.6) is 0 Å². The molecule has 2 aromatic carbocycles. The monoisotopic (exact) mass is 515 g/mol. The predicted octanol–water partition coefficient (Wildman–Crippen LogP) is 5.90. The molecule has 7 nitrogen and oxygen atoms in total. The van der Waals surface area contributed by atoms with Crippen molar-refractivity contribution in [3.05, 3.63) is 64.2 Å². The topological polar surface area (TPSA) is 87.7 Å². The van der Waals surface area contributed by atoms with Gasteiger partial charge in [0, 0.05) is 7.05 Å². The molecular weight excluding hydrogens is 478 g/mol. The van der Waals surface area contributed by atoms with Crippen LogP contribution in [0.2, 0.25) is 5.02 Å². The van der Waals surface area contributed by atoms with E-state index in [-0.39, 0.29) is 5.92 Å². The lowest BCUT2D eigenvalue weighted by Crippen LogP contribution is -2.53. The number of rotatable bonds is 8. The summed E-state index contributed by atoms with van der Waals surface area (Å²) in [5.41, 5.74) is 2.34. The lowest BCUT2D eigenvalue weighted by Gasteiger charge is -2.33. The van der Waals surface area contributed by atoms with Crippen molar-refractivity contribution in [2.45, 2.75) is 72.6 Å². The Morgan fingerprint density at radius 1 is 1.06 bits per heavy atom. The number of likely N-dealkylation sites (N-methyl/N-ethyl adjacent to an activating group) is 1. The molecule has 0 spiro atoms. The van der Waals surface area contributed by atoms with E-state index in [9.17, 15) is 14.4 Å². The van der Waals surface area contributed by atoms with Crippen LogP contribution in [0.15, 0.2) is 42.5 Å². The SMILES string of the molecule is CCc1ccc(C(C(=O)Nc2c(C)cccc2Cl)N(C)C(=O)C(NC(=O)OC(C)(C)C)C(C)C)cc1. The van der Waals surface area contributed by atoms with Crippen molar-refractivity contribution in [1.29, 1.82) is 0 Å². The number of nitrogens with zero attached hydrogens (tertiary/aromatic N) is 1. The number of aryl methyl sites for hydroxylation is 2. The molecule has 2 unspecified atom stereocenters. The van der Waals surface area contributed by atoms with Gasteiger partial charge in [-0.05, 0) is 62.8 Å². The van der Waals surface area contributed by atoms with Crippen LogP contribution < -0.4 is 10.6 Å². The Morgan fingerprint density at radius 3 is 2.17 bits per heavy atom. The largest absolute Gasteiger partial charge is 0.444 e. The number of halogens is 1. The molecule has 0 bridgehead atoms. The quantitative estimate of drug-likeness (QED) is 0.458. The molecule has 0 heterocycles. The zero-order valence-corrected chi connectivity index (χ0v) is 23.2. The van der Waals surface area contributed by atoms with E-state index in [2.05, 4.69) is 10.6 Å². The number of amides is 3. The van der Waals surface area contributed by atoms with E-state index in [1.54, 1.807) is 40.0 Å². The van der Waals surface area contributed by atoms with E-state index in [0.29, 0.717) is 16.3 Å². The Labute approximate surface area is 219 Å². The summed E-state index contributed by atoms with van der Waals surface area (Å²) in [5, 5.41) is 5.99. The van der Waals surface area contributed by atoms with Crippen LogP contribution in [0.4, 0.5) is 10.5 Å². The number of anilines is 1. The number of hydrogen-bond acceptors (Lipinski definition) is 4. The van der Waals surface area contributed by atoms with E-state index in [0.717, 1.165) is 17.5 Å². The normalized spacial score (nSPS) is 13.1. The van der Waals surface area contributed by atoms with Gasteiger partial charge in [-0.3, -0.25) is 9.59 Å². The highest BCUT2D eigenvalue weighted by Crippen LogP contribution is 2.29. The summed E-state index contributed by atoms with van der Waals surface area (Å²) in [7, 11) is 1.56. The maximum atomic E-state index is 13.7. The van der Waals surface area contributed by atoms with E-state index in [1.165, 1.54) is 4.90 Å². The number of carbonyl (C=O) groups excluding carboxylic acids is 3. The van der Waals surface area contributed by atoms with Gasteiger partial charge in [0.1, 0.15) is 17.7 Å². The third-order valence-corrected chi connectivity index (χ3v) is 6.08. The van der Waals surface area contributed by atoms with Crippen molar-refractivity contribution in [3.8, 4) is 0 Å².